The zero-order valence-electron chi connectivity index (χ0n) is 17.6. The van der Waals surface area contributed by atoms with Crippen molar-refractivity contribution in [3.8, 4) is 11.1 Å². The Morgan fingerprint density at radius 3 is 2.52 bits per heavy atom. The summed E-state index contributed by atoms with van der Waals surface area (Å²) in [5, 5.41) is 11.0. The fourth-order valence-corrected chi connectivity index (χ4v) is 3.47. The van der Waals surface area contributed by atoms with Crippen molar-refractivity contribution < 1.29 is 0 Å². The molecule has 4 rings (SSSR count). The van der Waals surface area contributed by atoms with Crippen LogP contribution in [0.5, 0.6) is 0 Å². The average Bonchev–Trinajstić information content (AvgIpc) is 3.51. The number of hydrogen-bond donors (Lipinski definition) is 2. The molecule has 31 heavy (non-hydrogen) atoms. The Morgan fingerprint density at radius 2 is 1.77 bits per heavy atom. The number of rotatable bonds is 8. The van der Waals surface area contributed by atoms with Crippen LogP contribution in [0.25, 0.3) is 11.1 Å². The van der Waals surface area contributed by atoms with Crippen LogP contribution in [0.2, 0.25) is 0 Å². The molecule has 2 N–H and O–H groups in total. The van der Waals surface area contributed by atoms with Crippen LogP contribution in [0.15, 0.2) is 90.7 Å². The van der Waals surface area contributed by atoms with Crippen LogP contribution in [0.4, 0.5) is 0 Å². The van der Waals surface area contributed by atoms with Gasteiger partial charge in [-0.15, -0.1) is 0 Å². The van der Waals surface area contributed by atoms with Crippen LogP contribution in [-0.4, -0.2) is 38.9 Å². The predicted molar refractivity (Wildman–Crippen MR) is 124 cm³/mol. The molecule has 2 aromatic carbocycles. The number of nitrogens with one attached hydrogen (secondary N) is 2. The van der Waals surface area contributed by atoms with Gasteiger partial charge in [-0.2, -0.15) is 5.10 Å². The monoisotopic (exact) mass is 413 g/mol. The summed E-state index contributed by atoms with van der Waals surface area (Å²) in [5.74, 6) is 0.796. The summed E-state index contributed by atoms with van der Waals surface area (Å²) in [7, 11) is 1.80. The summed E-state index contributed by atoms with van der Waals surface area (Å²) in [6.45, 7) is 3.11. The molecule has 0 bridgehead atoms. The molecular formula is C24H27N7. The fourth-order valence-electron chi connectivity index (χ4n) is 3.47. The maximum Gasteiger partial charge on any atom is 0.191 e. The third kappa shape index (κ3) is 5.60. The molecule has 7 nitrogen and oxygen atoms in total. The Balaban J connectivity index is 1.37. The standard InChI is InChI=1S/C24H27N7/c1-25-24(27-12-15-30-13-4-5-14-30)28-16-22-6-2-3-7-23(22)21-10-8-20(9-11-21)17-31-19-26-18-29-31/h2-11,13-14,18-19H,12,15-17H2,1H3,(H2,25,27,28). The first-order chi connectivity index (χ1) is 15.3. The van der Waals surface area contributed by atoms with Crippen LogP contribution in [0.1, 0.15) is 11.1 Å². The Bertz CT molecular complexity index is 1080. The molecule has 0 fully saturated rings. The number of aliphatic imine (C=N–C) groups is 1. The van der Waals surface area contributed by atoms with Crippen LogP contribution in [0, 0.1) is 0 Å². The van der Waals surface area contributed by atoms with E-state index in [9.17, 15) is 0 Å². The first-order valence-corrected chi connectivity index (χ1v) is 10.4. The van der Waals surface area contributed by atoms with Crippen molar-refractivity contribution in [1.29, 1.82) is 0 Å². The van der Waals surface area contributed by atoms with Crippen molar-refractivity contribution in [1.82, 2.24) is 30.0 Å². The van der Waals surface area contributed by atoms with Gasteiger partial charge < -0.3 is 15.2 Å². The average molecular weight is 414 g/mol. The number of nitrogens with zero attached hydrogens (tertiary/aromatic N) is 5. The summed E-state index contributed by atoms with van der Waals surface area (Å²) in [6, 6.07) is 21.1. The summed E-state index contributed by atoms with van der Waals surface area (Å²) >= 11 is 0. The number of guanidine groups is 1. The molecule has 0 saturated heterocycles. The molecule has 0 aliphatic rings. The van der Waals surface area contributed by atoms with Gasteiger partial charge in [-0.25, -0.2) is 9.67 Å². The van der Waals surface area contributed by atoms with Crippen LogP contribution >= 0.6 is 0 Å². The van der Waals surface area contributed by atoms with Gasteiger partial charge in [0.1, 0.15) is 12.7 Å². The minimum absolute atomic E-state index is 0.695. The Kier molecular flexibility index (Phi) is 6.74. The molecule has 0 saturated carbocycles. The highest BCUT2D eigenvalue weighted by Gasteiger charge is 2.06. The van der Waals surface area contributed by atoms with Gasteiger partial charge in [-0.3, -0.25) is 4.99 Å². The molecule has 0 radical (unpaired) electrons. The van der Waals surface area contributed by atoms with E-state index in [4.69, 9.17) is 0 Å². The van der Waals surface area contributed by atoms with E-state index in [2.05, 4.69) is 91.2 Å². The summed E-state index contributed by atoms with van der Waals surface area (Å²) in [6.07, 6.45) is 7.41. The SMILES string of the molecule is CN=C(NCCn1cccc1)NCc1ccccc1-c1ccc(Cn2cncn2)cc1. The number of hydrogen-bond acceptors (Lipinski definition) is 3. The molecule has 0 unspecified atom stereocenters. The Labute approximate surface area is 182 Å². The van der Waals surface area contributed by atoms with Crippen LogP contribution in [0.3, 0.4) is 0 Å². The van der Waals surface area contributed by atoms with Crippen molar-refractivity contribution >= 4 is 5.96 Å². The Hall–Kier alpha value is -3.87. The molecule has 0 aliphatic carbocycles. The smallest absolute Gasteiger partial charge is 0.191 e. The highest BCUT2D eigenvalue weighted by Crippen LogP contribution is 2.24. The van der Waals surface area contributed by atoms with Crippen molar-refractivity contribution in [2.75, 3.05) is 13.6 Å². The van der Waals surface area contributed by atoms with E-state index in [0.717, 1.165) is 19.0 Å². The fraction of sp³-hybridized carbons (Fsp3) is 0.208. The maximum atomic E-state index is 4.34. The van der Waals surface area contributed by atoms with Gasteiger partial charge in [-0.05, 0) is 34.4 Å². The molecule has 158 valence electrons. The van der Waals surface area contributed by atoms with Crippen LogP contribution < -0.4 is 10.6 Å². The van der Waals surface area contributed by atoms with E-state index >= 15 is 0 Å². The van der Waals surface area contributed by atoms with Crippen molar-refractivity contribution in [2.24, 2.45) is 4.99 Å². The lowest BCUT2D eigenvalue weighted by Gasteiger charge is -2.15. The highest BCUT2D eigenvalue weighted by molar-refractivity contribution is 5.80. The first kappa shape index (κ1) is 20.4. The lowest BCUT2D eigenvalue weighted by Crippen LogP contribution is -2.38. The van der Waals surface area contributed by atoms with Gasteiger partial charge in [0.15, 0.2) is 5.96 Å². The van der Waals surface area contributed by atoms with Gasteiger partial charge in [0.25, 0.3) is 0 Å². The minimum Gasteiger partial charge on any atom is -0.355 e. The highest BCUT2D eigenvalue weighted by atomic mass is 15.3. The second-order valence-corrected chi connectivity index (χ2v) is 7.22. The normalized spacial score (nSPS) is 11.5. The summed E-state index contributed by atoms with van der Waals surface area (Å²) in [5.41, 5.74) is 4.82. The summed E-state index contributed by atoms with van der Waals surface area (Å²) < 4.78 is 3.96. The van der Waals surface area contributed by atoms with Gasteiger partial charge >= 0.3 is 0 Å². The van der Waals surface area contributed by atoms with E-state index in [-0.39, 0.29) is 0 Å². The second-order valence-electron chi connectivity index (χ2n) is 7.22. The molecule has 7 heteroatoms. The van der Waals surface area contributed by atoms with E-state index in [1.54, 1.807) is 19.7 Å². The maximum absolute atomic E-state index is 4.34. The van der Waals surface area contributed by atoms with Gasteiger partial charge in [0.2, 0.25) is 0 Å². The second kappa shape index (κ2) is 10.2. The van der Waals surface area contributed by atoms with Gasteiger partial charge in [-0.1, -0.05) is 48.5 Å². The molecule has 4 aromatic rings. The van der Waals surface area contributed by atoms with E-state index in [1.165, 1.54) is 22.3 Å². The van der Waals surface area contributed by atoms with E-state index in [0.29, 0.717) is 13.1 Å². The molecule has 0 spiro atoms. The topological polar surface area (TPSA) is 72.1 Å². The number of benzene rings is 2. The summed E-state index contributed by atoms with van der Waals surface area (Å²) in [4.78, 5) is 8.34. The van der Waals surface area contributed by atoms with E-state index < -0.39 is 0 Å². The van der Waals surface area contributed by atoms with E-state index in [1.807, 2.05) is 16.8 Å². The third-order valence-corrected chi connectivity index (χ3v) is 5.09. The molecule has 2 heterocycles. The van der Waals surface area contributed by atoms with Gasteiger partial charge in [0.05, 0.1) is 6.54 Å². The first-order valence-electron chi connectivity index (χ1n) is 10.4. The lowest BCUT2D eigenvalue weighted by molar-refractivity contribution is 0.665. The quantitative estimate of drug-likeness (QED) is 0.344. The zero-order valence-corrected chi connectivity index (χ0v) is 17.6. The number of aromatic nitrogens is 4. The molecule has 0 aliphatic heterocycles. The largest absolute Gasteiger partial charge is 0.355 e. The van der Waals surface area contributed by atoms with Crippen molar-refractivity contribution in [3.63, 3.8) is 0 Å². The molecule has 2 aromatic heterocycles. The molecular weight excluding hydrogens is 386 g/mol. The molecule has 0 amide bonds. The van der Waals surface area contributed by atoms with Crippen molar-refractivity contribution in [2.45, 2.75) is 19.6 Å². The zero-order chi connectivity index (χ0) is 21.3. The van der Waals surface area contributed by atoms with Crippen molar-refractivity contribution in [3.05, 3.63) is 96.8 Å². The lowest BCUT2D eigenvalue weighted by atomic mass is 9.98. The predicted octanol–water partition coefficient (Wildman–Crippen LogP) is 3.16. The van der Waals surface area contributed by atoms with Gasteiger partial charge in [0, 0.05) is 39.1 Å². The third-order valence-electron chi connectivity index (χ3n) is 5.09. The Morgan fingerprint density at radius 1 is 0.968 bits per heavy atom. The minimum atomic E-state index is 0.695. The van der Waals surface area contributed by atoms with Crippen LogP contribution in [-0.2, 0) is 19.6 Å². The molecule has 0 atom stereocenters.